The maximum absolute atomic E-state index is 11.2. The second kappa shape index (κ2) is 8.27. The van der Waals surface area contributed by atoms with Gasteiger partial charge in [-0.05, 0) is 39.5 Å². The molecule has 0 spiro atoms. The molecule has 0 aromatic carbocycles. The smallest absolute Gasteiger partial charge is 0.333 e. The number of hydrogen-bond acceptors (Lipinski definition) is 2. The fraction of sp³-hybridized carbons (Fsp3) is 0.615. The van der Waals surface area contributed by atoms with E-state index in [4.69, 9.17) is 4.74 Å². The van der Waals surface area contributed by atoms with Crippen LogP contribution in [0.1, 0.15) is 46.0 Å². The Hall–Kier alpha value is -1.05. The zero-order valence-corrected chi connectivity index (χ0v) is 9.92. The molecule has 86 valence electrons. The second-order valence-electron chi connectivity index (χ2n) is 3.92. The molecule has 0 N–H and O–H groups in total. The van der Waals surface area contributed by atoms with Crippen molar-refractivity contribution >= 4 is 5.97 Å². The molecule has 2 heteroatoms. The van der Waals surface area contributed by atoms with Crippen LogP contribution in [0.15, 0.2) is 24.8 Å². The summed E-state index contributed by atoms with van der Waals surface area (Å²) in [6.07, 6.45) is 7.36. The van der Waals surface area contributed by atoms with Gasteiger partial charge in [-0.15, -0.1) is 6.58 Å². The zero-order valence-electron chi connectivity index (χ0n) is 9.92. The van der Waals surface area contributed by atoms with E-state index in [9.17, 15) is 4.79 Å². The number of ether oxygens (including phenoxy) is 1. The fourth-order valence-corrected chi connectivity index (χ4v) is 1.24. The predicted octanol–water partition coefficient (Wildman–Crippen LogP) is 3.63. The van der Waals surface area contributed by atoms with Crippen molar-refractivity contribution in [1.82, 2.24) is 0 Å². The molecule has 0 aromatic heterocycles. The summed E-state index contributed by atoms with van der Waals surface area (Å²) in [4.78, 5) is 11.2. The lowest BCUT2D eigenvalue weighted by atomic mass is 10.1. The van der Waals surface area contributed by atoms with Crippen LogP contribution in [0.4, 0.5) is 0 Å². The third kappa shape index (κ3) is 7.98. The van der Waals surface area contributed by atoms with Gasteiger partial charge >= 0.3 is 5.97 Å². The molecule has 0 aromatic rings. The second-order valence-corrected chi connectivity index (χ2v) is 3.92. The van der Waals surface area contributed by atoms with Crippen molar-refractivity contribution in [2.75, 3.05) is 0 Å². The minimum Gasteiger partial charge on any atom is -0.459 e. The molecule has 0 fully saturated rings. The number of unbranched alkanes of at least 4 members (excludes halogenated alkanes) is 3. The van der Waals surface area contributed by atoms with E-state index in [0.29, 0.717) is 5.57 Å². The van der Waals surface area contributed by atoms with Crippen LogP contribution in [0.3, 0.4) is 0 Å². The first kappa shape index (κ1) is 13.9. The van der Waals surface area contributed by atoms with E-state index in [1.54, 1.807) is 6.92 Å². The molecule has 2 nitrogen and oxygen atoms in total. The van der Waals surface area contributed by atoms with Gasteiger partial charge in [-0.1, -0.05) is 19.1 Å². The maximum atomic E-state index is 11.2. The van der Waals surface area contributed by atoms with Crippen LogP contribution in [-0.4, -0.2) is 12.1 Å². The largest absolute Gasteiger partial charge is 0.459 e. The molecule has 0 amide bonds. The summed E-state index contributed by atoms with van der Waals surface area (Å²) in [7, 11) is 0. The Bertz CT molecular complexity index is 219. The van der Waals surface area contributed by atoms with E-state index >= 15 is 0 Å². The summed E-state index contributed by atoms with van der Waals surface area (Å²) in [5.74, 6) is -0.284. The number of hydrogen-bond donors (Lipinski definition) is 0. The van der Waals surface area contributed by atoms with Gasteiger partial charge in [0.25, 0.3) is 0 Å². The maximum Gasteiger partial charge on any atom is 0.333 e. The molecule has 0 aliphatic heterocycles. The van der Waals surface area contributed by atoms with Crippen molar-refractivity contribution in [2.45, 2.75) is 52.1 Å². The lowest BCUT2D eigenvalue weighted by molar-refractivity contribution is -0.143. The molecule has 0 rings (SSSR count). The third-order valence-electron chi connectivity index (χ3n) is 2.18. The van der Waals surface area contributed by atoms with Crippen molar-refractivity contribution in [3.63, 3.8) is 0 Å². The topological polar surface area (TPSA) is 26.3 Å². The lowest BCUT2D eigenvalue weighted by Gasteiger charge is -2.12. The molecule has 0 bridgehead atoms. The summed E-state index contributed by atoms with van der Waals surface area (Å²) in [6.45, 7) is 10.8. The Morgan fingerprint density at radius 1 is 1.40 bits per heavy atom. The Morgan fingerprint density at radius 3 is 2.60 bits per heavy atom. The van der Waals surface area contributed by atoms with Gasteiger partial charge in [0.1, 0.15) is 0 Å². The van der Waals surface area contributed by atoms with Crippen LogP contribution < -0.4 is 0 Å². The van der Waals surface area contributed by atoms with E-state index in [1.807, 2.05) is 13.0 Å². The van der Waals surface area contributed by atoms with Crippen LogP contribution in [-0.2, 0) is 9.53 Å². The van der Waals surface area contributed by atoms with E-state index in [1.165, 1.54) is 12.8 Å². The Morgan fingerprint density at radius 2 is 2.07 bits per heavy atom. The average Bonchev–Trinajstić information content (AvgIpc) is 2.17. The normalized spacial score (nSPS) is 11.9. The minimum atomic E-state index is -0.284. The first-order valence-electron chi connectivity index (χ1n) is 5.55. The van der Waals surface area contributed by atoms with E-state index in [2.05, 4.69) is 13.2 Å². The highest BCUT2D eigenvalue weighted by Crippen LogP contribution is 2.09. The molecule has 0 saturated heterocycles. The van der Waals surface area contributed by atoms with Gasteiger partial charge in [-0.25, -0.2) is 4.79 Å². The highest BCUT2D eigenvalue weighted by Gasteiger charge is 2.08. The van der Waals surface area contributed by atoms with E-state index in [-0.39, 0.29) is 12.1 Å². The first-order valence-corrected chi connectivity index (χ1v) is 5.55. The van der Waals surface area contributed by atoms with Crippen LogP contribution in [0.2, 0.25) is 0 Å². The van der Waals surface area contributed by atoms with Gasteiger partial charge in [0, 0.05) is 5.57 Å². The predicted molar refractivity (Wildman–Crippen MR) is 63.7 cm³/mol. The summed E-state index contributed by atoms with van der Waals surface area (Å²) in [6, 6.07) is 0. The summed E-state index contributed by atoms with van der Waals surface area (Å²) in [5.41, 5.74) is 0.466. The van der Waals surface area contributed by atoms with Gasteiger partial charge in [-0.3, -0.25) is 0 Å². The number of carbonyl (C=O) groups excluding carboxylic acids is 1. The Kier molecular flexibility index (Phi) is 7.69. The molecule has 0 saturated carbocycles. The van der Waals surface area contributed by atoms with Crippen molar-refractivity contribution in [3.8, 4) is 0 Å². The Labute approximate surface area is 93.0 Å². The van der Waals surface area contributed by atoms with Gasteiger partial charge in [0.05, 0.1) is 6.10 Å². The minimum absolute atomic E-state index is 0.00192. The molecule has 1 unspecified atom stereocenters. The molecule has 1 atom stereocenters. The summed E-state index contributed by atoms with van der Waals surface area (Å²) < 4.78 is 5.16. The van der Waals surface area contributed by atoms with Crippen molar-refractivity contribution in [2.24, 2.45) is 0 Å². The number of allylic oxidation sites excluding steroid dienone is 1. The van der Waals surface area contributed by atoms with Crippen LogP contribution in [0, 0.1) is 0 Å². The number of carbonyl (C=O) groups is 1. The molecule has 0 radical (unpaired) electrons. The van der Waals surface area contributed by atoms with E-state index < -0.39 is 0 Å². The summed E-state index contributed by atoms with van der Waals surface area (Å²) >= 11 is 0. The van der Waals surface area contributed by atoms with Crippen molar-refractivity contribution in [1.29, 1.82) is 0 Å². The zero-order chi connectivity index (χ0) is 11.7. The third-order valence-corrected chi connectivity index (χ3v) is 2.18. The molecular formula is C13H22O2. The highest BCUT2D eigenvalue weighted by atomic mass is 16.5. The van der Waals surface area contributed by atoms with Crippen LogP contribution in [0.25, 0.3) is 0 Å². The molecule has 0 aliphatic rings. The Balaban J connectivity index is 3.48. The average molecular weight is 210 g/mol. The van der Waals surface area contributed by atoms with Crippen LogP contribution in [0.5, 0.6) is 0 Å². The fourth-order valence-electron chi connectivity index (χ4n) is 1.24. The quantitative estimate of drug-likeness (QED) is 0.265. The first-order chi connectivity index (χ1) is 7.07. The molecule has 15 heavy (non-hydrogen) atoms. The van der Waals surface area contributed by atoms with Gasteiger partial charge in [0.15, 0.2) is 0 Å². The van der Waals surface area contributed by atoms with Crippen molar-refractivity contribution in [3.05, 3.63) is 24.8 Å². The molecule has 0 heterocycles. The standard InChI is InChI=1S/C13H22O2/c1-5-6-7-8-9-10-12(4)15-13(14)11(2)3/h5,12H,1-2,6-10H2,3-4H3. The van der Waals surface area contributed by atoms with Gasteiger partial charge < -0.3 is 4.74 Å². The molecule has 0 aliphatic carbocycles. The highest BCUT2D eigenvalue weighted by molar-refractivity contribution is 5.87. The monoisotopic (exact) mass is 210 g/mol. The van der Waals surface area contributed by atoms with Crippen molar-refractivity contribution < 1.29 is 9.53 Å². The lowest BCUT2D eigenvalue weighted by Crippen LogP contribution is -2.15. The van der Waals surface area contributed by atoms with Gasteiger partial charge in [-0.2, -0.15) is 0 Å². The van der Waals surface area contributed by atoms with Crippen LogP contribution >= 0.6 is 0 Å². The SMILES string of the molecule is C=CCCCCCC(C)OC(=O)C(=C)C. The molecular weight excluding hydrogens is 188 g/mol. The number of rotatable bonds is 8. The number of esters is 1. The van der Waals surface area contributed by atoms with E-state index in [0.717, 1.165) is 19.3 Å². The summed E-state index contributed by atoms with van der Waals surface area (Å²) in [5, 5.41) is 0. The van der Waals surface area contributed by atoms with Gasteiger partial charge in [0.2, 0.25) is 0 Å².